The molecule has 248 valence electrons. The van der Waals surface area contributed by atoms with Gasteiger partial charge < -0.3 is 28.0 Å². The quantitative estimate of drug-likeness (QED) is 0.0675. The average molecular weight is 663 g/mol. The maximum Gasteiger partial charge on any atom is 2.00 e. The van der Waals surface area contributed by atoms with E-state index in [9.17, 15) is 18.9 Å². The van der Waals surface area contributed by atoms with Crippen LogP contribution in [-0.2, 0) is 35.5 Å². The van der Waals surface area contributed by atoms with Gasteiger partial charge in [0, 0.05) is 11.3 Å². The predicted octanol–water partition coefficient (Wildman–Crippen LogP) is 10.3. The molecule has 0 aliphatic rings. The molecule has 0 aliphatic carbocycles. The zero-order valence-electron chi connectivity index (χ0n) is 28.2. The van der Waals surface area contributed by atoms with Gasteiger partial charge in [-0.3, -0.25) is 0 Å². The van der Waals surface area contributed by atoms with E-state index in [2.05, 4.69) is 41.5 Å². The molecule has 0 aromatic heterocycles. The van der Waals surface area contributed by atoms with Crippen molar-refractivity contribution >= 4 is 15.2 Å². The summed E-state index contributed by atoms with van der Waals surface area (Å²) in [6.07, 6.45) is 19.1. The molecule has 0 amide bonds. The standard InChI is InChI=1S/2C16H35O3P.Cr/c2*1-5-8-10-11-12-15(4)20(17,18)19-14-16(7-3)13-9-6-2;/h2*15-16H,5-14H2,1-4H3,(H,17,18);/q;;+2/p-2. The summed E-state index contributed by atoms with van der Waals surface area (Å²) in [6, 6.07) is 0. The van der Waals surface area contributed by atoms with E-state index in [-0.39, 0.29) is 28.7 Å². The van der Waals surface area contributed by atoms with Gasteiger partial charge in [-0.1, -0.05) is 145 Å². The van der Waals surface area contributed by atoms with E-state index in [0.717, 1.165) is 89.9 Å². The first-order chi connectivity index (χ1) is 18.9. The van der Waals surface area contributed by atoms with Gasteiger partial charge in [0.15, 0.2) is 0 Å². The van der Waals surface area contributed by atoms with Gasteiger partial charge in [-0.05, 0) is 37.5 Å². The molecule has 0 heterocycles. The molecule has 0 radical (unpaired) electrons. The van der Waals surface area contributed by atoms with E-state index in [1.165, 1.54) is 25.7 Å². The van der Waals surface area contributed by atoms with Crippen molar-refractivity contribution in [3.05, 3.63) is 0 Å². The summed E-state index contributed by atoms with van der Waals surface area (Å²) in [7, 11) is -7.36. The van der Waals surface area contributed by atoms with Crippen molar-refractivity contribution in [2.45, 2.75) is 182 Å². The molecule has 0 rings (SSSR count). The summed E-state index contributed by atoms with van der Waals surface area (Å²) < 4.78 is 34.8. The fourth-order valence-corrected chi connectivity index (χ4v) is 6.86. The molecule has 0 fully saturated rings. The van der Waals surface area contributed by atoms with Crippen molar-refractivity contribution in [3.8, 4) is 0 Å². The minimum absolute atomic E-state index is 0. The maximum absolute atomic E-state index is 12.1. The van der Waals surface area contributed by atoms with Crippen LogP contribution < -0.4 is 9.79 Å². The molecule has 0 spiro atoms. The SMILES string of the molecule is CCCCCCC(C)P(=O)([O-])OCC(CC)CCCC.CCCCCCC(C)P(=O)([O-])OCC(CC)CCCC.[Cr+2]. The summed E-state index contributed by atoms with van der Waals surface area (Å²) in [5.41, 5.74) is -0.689. The zero-order valence-corrected chi connectivity index (χ0v) is 31.3. The van der Waals surface area contributed by atoms with E-state index in [1.807, 2.05) is 0 Å². The smallest absolute Gasteiger partial charge is 0.778 e. The van der Waals surface area contributed by atoms with Crippen molar-refractivity contribution in [1.82, 2.24) is 0 Å². The molecule has 41 heavy (non-hydrogen) atoms. The molecule has 9 heteroatoms. The number of hydrogen-bond acceptors (Lipinski definition) is 6. The molecule has 0 aliphatic heterocycles. The largest absolute Gasteiger partial charge is 2.00 e. The summed E-state index contributed by atoms with van der Waals surface area (Å²) in [5, 5.41) is 0. The van der Waals surface area contributed by atoms with Crippen LogP contribution in [-0.4, -0.2) is 24.5 Å². The Morgan fingerprint density at radius 1 is 0.512 bits per heavy atom. The van der Waals surface area contributed by atoms with Crippen LogP contribution >= 0.6 is 15.2 Å². The first-order valence-electron chi connectivity index (χ1n) is 16.9. The van der Waals surface area contributed by atoms with Crippen molar-refractivity contribution in [1.29, 1.82) is 0 Å². The third-order valence-electron chi connectivity index (χ3n) is 8.10. The zero-order chi connectivity index (χ0) is 30.9. The van der Waals surface area contributed by atoms with E-state index < -0.39 is 15.2 Å². The fraction of sp³-hybridized carbons (Fsp3) is 1.00. The molecule has 6 atom stereocenters. The monoisotopic (exact) mass is 662 g/mol. The Bertz CT molecular complexity index is 598. The predicted molar refractivity (Wildman–Crippen MR) is 170 cm³/mol. The Morgan fingerprint density at radius 3 is 1.10 bits per heavy atom. The van der Waals surface area contributed by atoms with Crippen LogP contribution in [0, 0.1) is 11.8 Å². The van der Waals surface area contributed by atoms with E-state index in [0.29, 0.717) is 25.0 Å². The van der Waals surface area contributed by atoms with Gasteiger partial charge in [-0.2, -0.15) is 0 Å². The minimum atomic E-state index is -3.68. The minimum Gasteiger partial charge on any atom is -0.778 e. The maximum atomic E-state index is 12.1. The first-order valence-corrected chi connectivity index (χ1v) is 20.1. The molecule has 0 aromatic carbocycles. The Morgan fingerprint density at radius 2 is 0.829 bits per heavy atom. The van der Waals surface area contributed by atoms with Gasteiger partial charge >= 0.3 is 17.4 Å². The summed E-state index contributed by atoms with van der Waals surface area (Å²) in [4.78, 5) is 24.2. The third-order valence-corrected chi connectivity index (χ3v) is 11.8. The first kappa shape index (κ1) is 46.3. The van der Waals surface area contributed by atoms with Gasteiger partial charge in [0.25, 0.3) is 0 Å². The molecule has 0 saturated heterocycles. The van der Waals surface area contributed by atoms with Gasteiger partial charge in [-0.15, -0.1) is 0 Å². The molecular formula is C32H68CrO6P2. The van der Waals surface area contributed by atoms with Crippen LogP contribution in [0.4, 0.5) is 0 Å². The Balaban J connectivity index is -0.000000688. The second-order valence-corrected chi connectivity index (χ2v) is 16.3. The summed E-state index contributed by atoms with van der Waals surface area (Å²) >= 11 is 0. The van der Waals surface area contributed by atoms with Crippen LogP contribution in [0.3, 0.4) is 0 Å². The Hall–Kier alpha value is 0.832. The summed E-state index contributed by atoms with van der Waals surface area (Å²) in [6.45, 7) is 17.2. The van der Waals surface area contributed by atoms with Gasteiger partial charge in [0.2, 0.25) is 0 Å². The van der Waals surface area contributed by atoms with Gasteiger partial charge in [0.1, 0.15) is 15.2 Å². The second kappa shape index (κ2) is 29.5. The van der Waals surface area contributed by atoms with Crippen molar-refractivity contribution in [2.75, 3.05) is 13.2 Å². The van der Waals surface area contributed by atoms with E-state index in [4.69, 9.17) is 9.05 Å². The molecule has 6 nitrogen and oxygen atoms in total. The van der Waals surface area contributed by atoms with Gasteiger partial charge in [-0.25, -0.2) is 0 Å². The molecule has 0 saturated carbocycles. The average Bonchev–Trinajstić information content (AvgIpc) is 2.93. The normalized spacial score (nSPS) is 17.2. The molecule has 0 aromatic rings. The second-order valence-electron chi connectivity index (χ2n) is 11.9. The van der Waals surface area contributed by atoms with Crippen LogP contribution in [0.25, 0.3) is 0 Å². The molecule has 0 N–H and O–H groups in total. The number of rotatable bonds is 26. The van der Waals surface area contributed by atoms with Crippen LogP contribution in [0.2, 0.25) is 0 Å². The number of hydrogen-bond donors (Lipinski definition) is 0. The van der Waals surface area contributed by atoms with Crippen LogP contribution in [0.1, 0.15) is 171 Å². The van der Waals surface area contributed by atoms with Crippen molar-refractivity contribution in [3.63, 3.8) is 0 Å². The Kier molecular flexibility index (Phi) is 33.3. The summed E-state index contributed by atoms with van der Waals surface area (Å²) in [5.74, 6) is 0.758. The van der Waals surface area contributed by atoms with E-state index in [1.54, 1.807) is 13.8 Å². The molecule has 6 unspecified atom stereocenters. The topological polar surface area (TPSA) is 98.7 Å². The van der Waals surface area contributed by atoms with Crippen LogP contribution in [0.15, 0.2) is 0 Å². The third kappa shape index (κ3) is 25.8. The van der Waals surface area contributed by atoms with Crippen molar-refractivity contribution in [2.24, 2.45) is 11.8 Å². The van der Waals surface area contributed by atoms with Gasteiger partial charge in [0.05, 0.1) is 13.2 Å². The fourth-order valence-electron chi connectivity index (χ4n) is 4.52. The van der Waals surface area contributed by atoms with E-state index >= 15 is 0 Å². The molecule has 0 bridgehead atoms. The molecular weight excluding hydrogens is 594 g/mol. The Labute approximate surface area is 267 Å². The van der Waals surface area contributed by atoms with Crippen LogP contribution in [0.5, 0.6) is 0 Å². The number of unbranched alkanes of at least 4 members (excludes halogenated alkanes) is 8. The van der Waals surface area contributed by atoms with Crippen molar-refractivity contribution < 1.29 is 45.3 Å².